The molecule has 0 saturated heterocycles. The zero-order valence-corrected chi connectivity index (χ0v) is 16.1. The molecular formula is C20H13F4N3O2S. The first-order valence-corrected chi connectivity index (χ1v) is 10.3. The zero-order chi connectivity index (χ0) is 21.7. The van der Waals surface area contributed by atoms with Gasteiger partial charge < -0.3 is 4.90 Å². The summed E-state index contributed by atoms with van der Waals surface area (Å²) in [6.45, 7) is 0.419. The number of aromatic nitrogens is 1. The Morgan fingerprint density at radius 2 is 1.93 bits per heavy atom. The van der Waals surface area contributed by atoms with Gasteiger partial charge in [0.1, 0.15) is 16.8 Å². The van der Waals surface area contributed by atoms with Crippen LogP contribution in [-0.4, -0.2) is 25.5 Å². The second kappa shape index (κ2) is 6.95. The molecular weight excluding hydrogens is 422 g/mol. The molecule has 3 aromatic rings. The Hall–Kier alpha value is -3.19. The van der Waals surface area contributed by atoms with Gasteiger partial charge in [0, 0.05) is 18.1 Å². The average molecular weight is 435 g/mol. The van der Waals surface area contributed by atoms with Gasteiger partial charge in [-0.25, -0.2) is 12.8 Å². The van der Waals surface area contributed by atoms with Gasteiger partial charge in [-0.15, -0.1) is 0 Å². The van der Waals surface area contributed by atoms with Crippen molar-refractivity contribution in [2.75, 3.05) is 11.4 Å². The summed E-state index contributed by atoms with van der Waals surface area (Å²) in [7, 11) is -5.61. The number of pyridine rings is 1. The first-order chi connectivity index (χ1) is 14.1. The van der Waals surface area contributed by atoms with Crippen LogP contribution in [0, 0.1) is 17.1 Å². The highest BCUT2D eigenvalue weighted by Crippen LogP contribution is 2.42. The molecule has 2 aromatic carbocycles. The van der Waals surface area contributed by atoms with Crippen LogP contribution in [0.15, 0.2) is 47.5 Å². The number of benzene rings is 2. The Balaban J connectivity index is 1.99. The quantitative estimate of drug-likeness (QED) is 0.549. The largest absolute Gasteiger partial charge is 0.501 e. The number of aryl methyl sites for hydroxylation is 1. The van der Waals surface area contributed by atoms with Crippen molar-refractivity contribution in [3.63, 3.8) is 0 Å². The van der Waals surface area contributed by atoms with Crippen LogP contribution in [0.5, 0.6) is 0 Å². The van der Waals surface area contributed by atoms with Crippen molar-refractivity contribution in [3.8, 4) is 6.07 Å². The van der Waals surface area contributed by atoms with Crippen LogP contribution in [0.4, 0.5) is 28.9 Å². The molecule has 0 aliphatic carbocycles. The summed E-state index contributed by atoms with van der Waals surface area (Å²) in [6.07, 6.45) is 2.36. The van der Waals surface area contributed by atoms with Crippen molar-refractivity contribution >= 4 is 32.1 Å². The van der Waals surface area contributed by atoms with Gasteiger partial charge in [0.2, 0.25) is 0 Å². The Morgan fingerprint density at radius 3 is 2.63 bits per heavy atom. The number of hydrogen-bond donors (Lipinski definition) is 0. The van der Waals surface area contributed by atoms with Gasteiger partial charge in [-0.2, -0.15) is 18.4 Å². The monoisotopic (exact) mass is 435 g/mol. The summed E-state index contributed by atoms with van der Waals surface area (Å²) in [5.74, 6) is -0.551. The van der Waals surface area contributed by atoms with Gasteiger partial charge in [-0.05, 0) is 54.8 Å². The number of nitrogens with zero attached hydrogens (tertiary/aromatic N) is 3. The van der Waals surface area contributed by atoms with Gasteiger partial charge in [0.05, 0.1) is 22.5 Å². The van der Waals surface area contributed by atoms with E-state index in [-0.39, 0.29) is 16.5 Å². The van der Waals surface area contributed by atoms with Crippen LogP contribution < -0.4 is 4.90 Å². The van der Waals surface area contributed by atoms with E-state index in [2.05, 4.69) is 4.98 Å². The minimum atomic E-state index is -5.61. The number of alkyl halides is 3. The van der Waals surface area contributed by atoms with Crippen LogP contribution in [0.2, 0.25) is 0 Å². The van der Waals surface area contributed by atoms with Crippen LogP contribution in [0.1, 0.15) is 17.5 Å². The van der Waals surface area contributed by atoms with E-state index in [1.807, 2.05) is 6.07 Å². The molecule has 0 unspecified atom stereocenters. The van der Waals surface area contributed by atoms with E-state index in [1.165, 1.54) is 30.5 Å². The molecule has 0 saturated carbocycles. The summed E-state index contributed by atoms with van der Waals surface area (Å²) in [6, 6.07) is 9.47. The summed E-state index contributed by atoms with van der Waals surface area (Å²) in [4.78, 5) is 4.66. The molecule has 1 aromatic heterocycles. The minimum Gasteiger partial charge on any atom is -0.340 e. The second-order valence-corrected chi connectivity index (χ2v) is 8.67. The van der Waals surface area contributed by atoms with E-state index >= 15 is 0 Å². The smallest absolute Gasteiger partial charge is 0.340 e. The van der Waals surface area contributed by atoms with Gasteiger partial charge >= 0.3 is 5.51 Å². The molecule has 0 bridgehead atoms. The number of hydrogen-bond acceptors (Lipinski definition) is 5. The van der Waals surface area contributed by atoms with E-state index in [0.717, 1.165) is 12.1 Å². The molecule has 1 aliphatic rings. The molecule has 0 N–H and O–H groups in total. The van der Waals surface area contributed by atoms with Gasteiger partial charge in [0.15, 0.2) is 0 Å². The molecule has 0 spiro atoms. The van der Waals surface area contributed by atoms with Crippen LogP contribution in [0.25, 0.3) is 10.9 Å². The summed E-state index contributed by atoms with van der Waals surface area (Å²) < 4.78 is 77.3. The van der Waals surface area contributed by atoms with Crippen molar-refractivity contribution < 1.29 is 26.0 Å². The third kappa shape index (κ3) is 3.06. The Bertz CT molecular complexity index is 1310. The van der Waals surface area contributed by atoms with Crippen molar-refractivity contribution in [2.24, 2.45) is 0 Å². The van der Waals surface area contributed by atoms with Crippen LogP contribution >= 0.6 is 0 Å². The average Bonchev–Trinajstić information content (AvgIpc) is 2.70. The maximum absolute atomic E-state index is 13.9. The first-order valence-electron chi connectivity index (χ1n) is 8.84. The Kier molecular flexibility index (Phi) is 4.66. The minimum absolute atomic E-state index is 0.0914. The molecule has 5 nitrogen and oxygen atoms in total. The fraction of sp³-hybridized carbons (Fsp3) is 0.200. The standard InChI is InChI=1S/C20H13F4N3O2S/c21-14-9-12-3-2-8-27(19(12)13(10-14)11-25)16-5-6-17(30(28,29)20(22,23)24)18-15(16)4-1-7-26-18/h1,4-7,9-10H,2-3,8H2. The lowest BCUT2D eigenvalue weighted by Crippen LogP contribution is -2.27. The Labute approximate surface area is 169 Å². The molecule has 30 heavy (non-hydrogen) atoms. The second-order valence-electron chi connectivity index (χ2n) is 6.76. The van der Waals surface area contributed by atoms with Crippen LogP contribution in [0.3, 0.4) is 0 Å². The summed E-state index contributed by atoms with van der Waals surface area (Å²) in [5, 5.41) is 9.66. The lowest BCUT2D eigenvalue weighted by molar-refractivity contribution is -0.0435. The van der Waals surface area contributed by atoms with E-state index in [4.69, 9.17) is 0 Å². The van der Waals surface area contributed by atoms with Gasteiger partial charge in [-0.1, -0.05) is 0 Å². The van der Waals surface area contributed by atoms with Crippen molar-refractivity contribution in [1.29, 1.82) is 5.26 Å². The highest BCUT2D eigenvalue weighted by Gasteiger charge is 2.48. The van der Waals surface area contributed by atoms with E-state index in [0.29, 0.717) is 36.3 Å². The highest BCUT2D eigenvalue weighted by atomic mass is 32.2. The third-order valence-electron chi connectivity index (χ3n) is 4.97. The molecule has 154 valence electrons. The highest BCUT2D eigenvalue weighted by molar-refractivity contribution is 7.92. The fourth-order valence-electron chi connectivity index (χ4n) is 3.74. The van der Waals surface area contributed by atoms with Crippen molar-refractivity contribution in [2.45, 2.75) is 23.2 Å². The molecule has 0 fully saturated rings. The SMILES string of the molecule is N#Cc1cc(F)cc2c1N(c1ccc(S(=O)(=O)C(F)(F)F)c3ncccc13)CCC2. The van der Waals surface area contributed by atoms with E-state index in [1.54, 1.807) is 4.90 Å². The molecule has 0 amide bonds. The summed E-state index contributed by atoms with van der Waals surface area (Å²) in [5.41, 5.74) is -4.25. The number of nitriles is 1. The van der Waals surface area contributed by atoms with Crippen molar-refractivity contribution in [1.82, 2.24) is 4.98 Å². The van der Waals surface area contributed by atoms with Crippen LogP contribution in [-0.2, 0) is 16.3 Å². The van der Waals surface area contributed by atoms with E-state index < -0.39 is 26.1 Å². The fourth-order valence-corrected chi connectivity index (χ4v) is 4.65. The molecule has 4 rings (SSSR count). The molecule has 2 heterocycles. The van der Waals surface area contributed by atoms with Crippen molar-refractivity contribution in [3.05, 3.63) is 59.5 Å². The predicted octanol–water partition coefficient (Wildman–Crippen LogP) is 4.62. The predicted molar refractivity (Wildman–Crippen MR) is 101 cm³/mol. The van der Waals surface area contributed by atoms with E-state index in [9.17, 15) is 31.2 Å². The zero-order valence-electron chi connectivity index (χ0n) is 15.2. The lowest BCUT2D eigenvalue weighted by Gasteiger charge is -2.33. The Morgan fingerprint density at radius 1 is 1.17 bits per heavy atom. The number of halogens is 4. The number of fused-ring (bicyclic) bond motifs is 2. The topological polar surface area (TPSA) is 74.1 Å². The lowest BCUT2D eigenvalue weighted by atomic mass is 9.96. The number of anilines is 2. The number of rotatable bonds is 2. The molecule has 10 heteroatoms. The molecule has 1 aliphatic heterocycles. The maximum atomic E-state index is 13.9. The third-order valence-corrected chi connectivity index (χ3v) is 6.48. The first kappa shape index (κ1) is 20.1. The van der Waals surface area contributed by atoms with Gasteiger partial charge in [-0.3, -0.25) is 4.98 Å². The van der Waals surface area contributed by atoms with Gasteiger partial charge in [0.25, 0.3) is 9.84 Å². The normalized spacial score (nSPS) is 14.4. The summed E-state index contributed by atoms with van der Waals surface area (Å²) >= 11 is 0. The number of sulfone groups is 1. The molecule has 0 radical (unpaired) electrons. The molecule has 0 atom stereocenters. The maximum Gasteiger partial charge on any atom is 0.501 e.